The van der Waals surface area contributed by atoms with E-state index in [9.17, 15) is 31.1 Å². The van der Waals surface area contributed by atoms with Gasteiger partial charge in [-0.1, -0.05) is 48.5 Å². The van der Waals surface area contributed by atoms with Gasteiger partial charge >= 0.3 is 12.4 Å². The fraction of sp³-hybridized carbons (Fsp3) is 0.154. The smallest absolute Gasteiger partial charge is 0.352 e. The standard InChI is InChI=1S/C26H18F6N2O/c27-25(28,29)18-12-16(13-19(14-18)26(30,31)32)10-11-33-24(35)21-15-34-22-9-5-4-8-20(22)23(21)17-6-2-1-3-7-17/h1-9,12-15H,10-11H2,(H,33,35). The molecule has 0 aliphatic rings. The highest BCUT2D eigenvalue weighted by atomic mass is 19.4. The second-order valence-corrected chi connectivity index (χ2v) is 7.85. The van der Waals surface area contributed by atoms with Gasteiger partial charge in [-0.2, -0.15) is 26.3 Å². The van der Waals surface area contributed by atoms with E-state index in [0.717, 1.165) is 10.9 Å². The molecule has 4 aromatic rings. The van der Waals surface area contributed by atoms with Gasteiger partial charge in [-0.3, -0.25) is 9.78 Å². The first-order chi connectivity index (χ1) is 16.5. The molecule has 35 heavy (non-hydrogen) atoms. The molecule has 3 nitrogen and oxygen atoms in total. The number of nitrogens with one attached hydrogen (secondary N) is 1. The number of carbonyl (C=O) groups is 1. The van der Waals surface area contributed by atoms with Crippen LogP contribution in [0.5, 0.6) is 0 Å². The third-order valence-electron chi connectivity index (χ3n) is 5.43. The number of aromatic nitrogens is 1. The van der Waals surface area contributed by atoms with E-state index >= 15 is 0 Å². The van der Waals surface area contributed by atoms with Crippen LogP contribution in [0.2, 0.25) is 0 Å². The second-order valence-electron chi connectivity index (χ2n) is 7.85. The van der Waals surface area contributed by atoms with Crippen LogP contribution in [0.4, 0.5) is 26.3 Å². The van der Waals surface area contributed by atoms with Gasteiger partial charge in [0, 0.05) is 23.7 Å². The van der Waals surface area contributed by atoms with Crippen molar-refractivity contribution in [1.29, 1.82) is 0 Å². The maximum absolute atomic E-state index is 13.1. The summed E-state index contributed by atoms with van der Waals surface area (Å²) < 4.78 is 78.6. The molecule has 180 valence electrons. The molecule has 3 aromatic carbocycles. The number of alkyl halides is 6. The number of hydrogen-bond acceptors (Lipinski definition) is 2. The fourth-order valence-corrected chi connectivity index (χ4v) is 3.81. The van der Waals surface area contributed by atoms with Gasteiger partial charge in [0.2, 0.25) is 0 Å². The normalized spacial score (nSPS) is 12.1. The summed E-state index contributed by atoms with van der Waals surface area (Å²) in [6, 6.07) is 17.8. The molecule has 1 amide bonds. The topological polar surface area (TPSA) is 42.0 Å². The Labute approximate surface area is 196 Å². The number of hydrogen-bond donors (Lipinski definition) is 1. The molecule has 4 rings (SSSR count). The Bertz CT molecular complexity index is 1330. The van der Waals surface area contributed by atoms with Crippen molar-refractivity contribution in [2.45, 2.75) is 18.8 Å². The summed E-state index contributed by atoms with van der Waals surface area (Å²) in [5, 5.41) is 3.33. The lowest BCUT2D eigenvalue weighted by Crippen LogP contribution is -2.26. The average molecular weight is 488 g/mol. The molecule has 0 saturated heterocycles. The molecule has 0 bridgehead atoms. The number of amides is 1. The van der Waals surface area contributed by atoms with Gasteiger partial charge in [0.15, 0.2) is 0 Å². The number of halogens is 6. The van der Waals surface area contributed by atoms with Gasteiger partial charge in [0.1, 0.15) is 0 Å². The summed E-state index contributed by atoms with van der Waals surface area (Å²) in [5.74, 6) is -0.537. The number of carbonyl (C=O) groups excluding carboxylic acids is 1. The monoisotopic (exact) mass is 488 g/mol. The number of benzene rings is 3. The Kier molecular flexibility index (Phi) is 6.51. The maximum atomic E-state index is 13.1. The number of para-hydroxylation sites is 1. The third-order valence-corrected chi connectivity index (χ3v) is 5.43. The molecule has 0 spiro atoms. The Balaban J connectivity index is 1.60. The van der Waals surface area contributed by atoms with E-state index in [4.69, 9.17) is 0 Å². The summed E-state index contributed by atoms with van der Waals surface area (Å²) >= 11 is 0. The zero-order valence-corrected chi connectivity index (χ0v) is 18.0. The van der Waals surface area contributed by atoms with Crippen molar-refractivity contribution in [1.82, 2.24) is 10.3 Å². The van der Waals surface area contributed by atoms with Crippen LogP contribution in [-0.2, 0) is 18.8 Å². The van der Waals surface area contributed by atoms with Crippen molar-refractivity contribution in [3.8, 4) is 11.1 Å². The second kappa shape index (κ2) is 9.40. The van der Waals surface area contributed by atoms with Crippen LogP contribution in [0, 0.1) is 0 Å². The van der Waals surface area contributed by atoms with Gasteiger partial charge < -0.3 is 5.32 Å². The zero-order valence-electron chi connectivity index (χ0n) is 18.0. The van der Waals surface area contributed by atoms with Crippen LogP contribution >= 0.6 is 0 Å². The predicted molar refractivity (Wildman–Crippen MR) is 120 cm³/mol. The maximum Gasteiger partial charge on any atom is 0.416 e. The Morgan fingerprint density at radius 1 is 0.800 bits per heavy atom. The van der Waals surface area contributed by atoms with Crippen molar-refractivity contribution in [3.05, 3.63) is 101 Å². The van der Waals surface area contributed by atoms with Crippen molar-refractivity contribution < 1.29 is 31.1 Å². The number of pyridine rings is 1. The van der Waals surface area contributed by atoms with Crippen LogP contribution in [0.15, 0.2) is 79.0 Å². The van der Waals surface area contributed by atoms with Crippen molar-refractivity contribution in [3.63, 3.8) is 0 Å². The predicted octanol–water partition coefficient (Wildman–Crippen LogP) is 6.91. The highest BCUT2D eigenvalue weighted by Gasteiger charge is 2.36. The van der Waals surface area contributed by atoms with Crippen LogP contribution in [-0.4, -0.2) is 17.4 Å². The summed E-state index contributed by atoms with van der Waals surface area (Å²) in [4.78, 5) is 17.3. The van der Waals surface area contributed by atoms with Crippen molar-refractivity contribution in [2.24, 2.45) is 0 Å². The highest BCUT2D eigenvalue weighted by molar-refractivity contribution is 6.08. The SMILES string of the molecule is O=C(NCCc1cc(C(F)(F)F)cc(C(F)(F)F)c1)c1cnc2ccccc2c1-c1ccccc1. The number of nitrogens with zero attached hydrogens (tertiary/aromatic N) is 1. The lowest BCUT2D eigenvalue weighted by atomic mass is 9.96. The average Bonchev–Trinajstić information content (AvgIpc) is 2.82. The van der Waals surface area contributed by atoms with Gasteiger partial charge in [-0.25, -0.2) is 0 Å². The Morgan fingerprint density at radius 3 is 2.03 bits per heavy atom. The first-order valence-electron chi connectivity index (χ1n) is 10.5. The summed E-state index contributed by atoms with van der Waals surface area (Å²) in [7, 11) is 0. The van der Waals surface area contributed by atoms with Crippen LogP contribution in [0.25, 0.3) is 22.0 Å². The number of rotatable bonds is 5. The molecule has 0 aliphatic heterocycles. The quantitative estimate of drug-likeness (QED) is 0.310. The summed E-state index contributed by atoms with van der Waals surface area (Å²) in [6.07, 6.45) is -8.67. The van der Waals surface area contributed by atoms with E-state index < -0.39 is 29.4 Å². The first kappa shape index (κ1) is 24.3. The van der Waals surface area contributed by atoms with E-state index in [2.05, 4.69) is 10.3 Å². The fourth-order valence-electron chi connectivity index (χ4n) is 3.81. The molecule has 0 unspecified atom stereocenters. The van der Waals surface area contributed by atoms with Crippen molar-refractivity contribution in [2.75, 3.05) is 6.54 Å². The summed E-state index contributed by atoms with van der Waals surface area (Å²) in [6.45, 7) is -0.168. The van der Waals surface area contributed by atoms with Gasteiger partial charge in [0.05, 0.1) is 22.2 Å². The third kappa shape index (κ3) is 5.45. The molecule has 0 aliphatic carbocycles. The van der Waals surface area contributed by atoms with Gasteiger partial charge in [-0.05, 0) is 41.8 Å². The van der Waals surface area contributed by atoms with E-state index in [0.29, 0.717) is 23.2 Å². The molecular formula is C26H18F6N2O. The van der Waals surface area contributed by atoms with Gasteiger partial charge in [0.25, 0.3) is 5.91 Å². The van der Waals surface area contributed by atoms with Crippen LogP contribution < -0.4 is 5.32 Å². The largest absolute Gasteiger partial charge is 0.416 e. The lowest BCUT2D eigenvalue weighted by molar-refractivity contribution is -0.143. The van der Waals surface area contributed by atoms with E-state index in [1.807, 2.05) is 48.5 Å². The molecular weight excluding hydrogens is 470 g/mol. The molecule has 0 fully saturated rings. The lowest BCUT2D eigenvalue weighted by Gasteiger charge is -2.15. The highest BCUT2D eigenvalue weighted by Crippen LogP contribution is 2.36. The molecule has 9 heteroatoms. The molecule has 0 atom stereocenters. The molecule has 0 radical (unpaired) electrons. The minimum Gasteiger partial charge on any atom is -0.352 e. The Hall–Kier alpha value is -3.88. The molecule has 1 heterocycles. The van der Waals surface area contributed by atoms with Crippen molar-refractivity contribution >= 4 is 16.8 Å². The first-order valence-corrected chi connectivity index (χ1v) is 10.5. The number of fused-ring (bicyclic) bond motifs is 1. The minimum absolute atomic E-state index is 0.0783. The Morgan fingerprint density at radius 2 is 1.40 bits per heavy atom. The van der Waals surface area contributed by atoms with Crippen LogP contribution in [0.1, 0.15) is 27.0 Å². The summed E-state index contributed by atoms with van der Waals surface area (Å²) in [5.41, 5.74) is -0.651. The van der Waals surface area contributed by atoms with E-state index in [-0.39, 0.29) is 30.2 Å². The van der Waals surface area contributed by atoms with Crippen LogP contribution in [0.3, 0.4) is 0 Å². The zero-order chi connectivity index (χ0) is 25.2. The minimum atomic E-state index is -4.93. The molecule has 1 aromatic heterocycles. The molecule has 1 N–H and O–H groups in total. The van der Waals surface area contributed by atoms with E-state index in [1.165, 1.54) is 6.20 Å². The molecule has 0 saturated carbocycles. The van der Waals surface area contributed by atoms with Gasteiger partial charge in [-0.15, -0.1) is 0 Å². The van der Waals surface area contributed by atoms with E-state index in [1.54, 1.807) is 6.07 Å².